The van der Waals surface area contributed by atoms with Crippen LogP contribution in [0.2, 0.25) is 0 Å². The van der Waals surface area contributed by atoms with Crippen molar-refractivity contribution in [3.63, 3.8) is 0 Å². The molecule has 2 aromatic rings. The van der Waals surface area contributed by atoms with Gasteiger partial charge in [-0.1, -0.05) is 26.0 Å². The van der Waals surface area contributed by atoms with Crippen LogP contribution in [0, 0.1) is 5.92 Å². The third-order valence-corrected chi connectivity index (χ3v) is 6.02. The van der Waals surface area contributed by atoms with Gasteiger partial charge >= 0.3 is 6.18 Å². The second kappa shape index (κ2) is 11.5. The summed E-state index contributed by atoms with van der Waals surface area (Å²) in [6.45, 7) is 5.24. The summed E-state index contributed by atoms with van der Waals surface area (Å²) >= 11 is 0. The molecule has 1 aliphatic rings. The van der Waals surface area contributed by atoms with Crippen LogP contribution in [0.1, 0.15) is 36.2 Å². The number of nitrogens with one attached hydrogen (secondary N) is 2. The lowest BCUT2D eigenvalue weighted by atomic mass is 9.97. The van der Waals surface area contributed by atoms with Crippen molar-refractivity contribution in [3.8, 4) is 0 Å². The molecule has 2 N–H and O–H groups in total. The van der Waals surface area contributed by atoms with E-state index in [0.29, 0.717) is 26.1 Å². The average Bonchev–Trinajstić information content (AvgIpc) is 2.83. The van der Waals surface area contributed by atoms with Crippen LogP contribution in [0.4, 0.5) is 18.9 Å². The molecule has 2 amide bonds. The van der Waals surface area contributed by atoms with Gasteiger partial charge in [0.2, 0.25) is 11.8 Å². The minimum absolute atomic E-state index is 0.0665. The van der Waals surface area contributed by atoms with Gasteiger partial charge in [-0.3, -0.25) is 14.6 Å². The lowest BCUT2D eigenvalue weighted by Gasteiger charge is -2.31. The Morgan fingerprint density at radius 1 is 1.20 bits per heavy atom. The summed E-state index contributed by atoms with van der Waals surface area (Å²) in [7, 11) is 1.71. The highest BCUT2D eigenvalue weighted by Gasteiger charge is 2.34. The Balaban J connectivity index is 1.72. The number of anilines is 1. The second-order valence-electron chi connectivity index (χ2n) is 8.88. The molecular weight excluding hydrogens is 459 g/mol. The highest BCUT2D eigenvalue weighted by Crippen LogP contribution is 2.31. The summed E-state index contributed by atoms with van der Waals surface area (Å²) in [4.78, 5) is 32.5. The fourth-order valence-corrected chi connectivity index (χ4v) is 4.15. The van der Waals surface area contributed by atoms with Crippen LogP contribution in [0.3, 0.4) is 0 Å². The maximum atomic E-state index is 13.4. The van der Waals surface area contributed by atoms with Gasteiger partial charge < -0.3 is 20.4 Å². The summed E-state index contributed by atoms with van der Waals surface area (Å²) < 4.78 is 40.2. The minimum atomic E-state index is -4.55. The third kappa shape index (κ3) is 6.72. The lowest BCUT2D eigenvalue weighted by molar-refractivity contribution is -0.140. The second-order valence-corrected chi connectivity index (χ2v) is 8.88. The number of alkyl halides is 3. The number of rotatable bonds is 9. The lowest BCUT2D eigenvalue weighted by Crippen LogP contribution is -2.40. The molecule has 0 spiro atoms. The minimum Gasteiger partial charge on any atom is -0.376 e. The number of pyridine rings is 1. The zero-order valence-electron chi connectivity index (χ0n) is 20.3. The van der Waals surface area contributed by atoms with Crippen LogP contribution in [0.15, 0.2) is 36.5 Å². The van der Waals surface area contributed by atoms with Gasteiger partial charge in [0.05, 0.1) is 24.3 Å². The number of fused-ring (bicyclic) bond motifs is 1. The highest BCUT2D eigenvalue weighted by molar-refractivity contribution is 5.81. The van der Waals surface area contributed by atoms with Crippen LogP contribution in [0.25, 0.3) is 0 Å². The first-order chi connectivity index (χ1) is 16.6. The Bertz CT molecular complexity index is 1040. The maximum absolute atomic E-state index is 13.4. The van der Waals surface area contributed by atoms with Gasteiger partial charge in [0.25, 0.3) is 0 Å². The molecule has 1 aromatic heterocycles. The molecule has 1 aromatic carbocycles. The molecule has 0 saturated heterocycles. The molecule has 1 aliphatic heterocycles. The smallest absolute Gasteiger partial charge is 0.376 e. The molecule has 0 radical (unpaired) electrons. The number of nitrogens with zero attached hydrogens (tertiary/aromatic N) is 3. The molecule has 2 heterocycles. The standard InChI is InChI=1S/C25H32F3N5O2/c1-17(2)24(35)33-12-9-19-18(15-33)6-4-8-21(19)31-14-23(34)32(13-11-29-3)16-22-20(25(26,27)28)7-5-10-30-22/h4-8,10,17,29,31H,9,11-16H2,1-3H3. The molecule has 3 rings (SSSR count). The van der Waals surface area contributed by atoms with Crippen molar-refractivity contribution in [2.24, 2.45) is 5.92 Å². The molecule has 0 aliphatic carbocycles. The number of amides is 2. The van der Waals surface area contributed by atoms with Crippen LogP contribution in [-0.4, -0.2) is 59.8 Å². The summed E-state index contributed by atoms with van der Waals surface area (Å²) in [5.41, 5.74) is 1.86. The molecule has 7 nitrogen and oxygen atoms in total. The number of carbonyl (C=O) groups is 2. The SMILES string of the molecule is CNCCN(Cc1ncccc1C(F)(F)F)C(=O)CNc1cccc2c1CCN(C(=O)C(C)C)C2. The highest BCUT2D eigenvalue weighted by atomic mass is 19.4. The van der Waals surface area contributed by atoms with Crippen molar-refractivity contribution in [3.05, 3.63) is 58.9 Å². The fourth-order valence-electron chi connectivity index (χ4n) is 4.15. The predicted molar refractivity (Wildman–Crippen MR) is 127 cm³/mol. The first-order valence-corrected chi connectivity index (χ1v) is 11.7. The Kier molecular flexibility index (Phi) is 8.71. The van der Waals surface area contributed by atoms with Crippen molar-refractivity contribution in [1.29, 1.82) is 0 Å². The van der Waals surface area contributed by atoms with E-state index in [2.05, 4.69) is 15.6 Å². The number of likely N-dealkylation sites (N-methyl/N-ethyl adjacent to an activating group) is 1. The largest absolute Gasteiger partial charge is 0.418 e. The van der Waals surface area contributed by atoms with Gasteiger partial charge in [-0.05, 0) is 42.8 Å². The summed E-state index contributed by atoms with van der Waals surface area (Å²) in [5, 5.41) is 6.10. The van der Waals surface area contributed by atoms with Gasteiger partial charge in [-0.2, -0.15) is 13.2 Å². The first-order valence-electron chi connectivity index (χ1n) is 11.7. The average molecular weight is 492 g/mol. The number of hydrogen-bond donors (Lipinski definition) is 2. The van der Waals surface area contributed by atoms with Gasteiger partial charge in [-0.15, -0.1) is 0 Å². The zero-order valence-corrected chi connectivity index (χ0v) is 20.3. The van der Waals surface area contributed by atoms with Crippen molar-refractivity contribution >= 4 is 17.5 Å². The van der Waals surface area contributed by atoms with E-state index >= 15 is 0 Å². The van der Waals surface area contributed by atoms with E-state index in [9.17, 15) is 22.8 Å². The van der Waals surface area contributed by atoms with E-state index in [1.165, 1.54) is 17.2 Å². The normalized spacial score (nSPS) is 13.5. The summed E-state index contributed by atoms with van der Waals surface area (Å²) in [6.07, 6.45) is -2.59. The quantitative estimate of drug-likeness (QED) is 0.563. The Morgan fingerprint density at radius 3 is 2.66 bits per heavy atom. The molecule has 35 heavy (non-hydrogen) atoms. The molecular formula is C25H32F3N5O2. The summed E-state index contributed by atoms with van der Waals surface area (Å²) in [5.74, 6) is -0.294. The Labute approximate surface area is 203 Å². The van der Waals surface area contributed by atoms with E-state index < -0.39 is 11.7 Å². The van der Waals surface area contributed by atoms with Gasteiger partial charge in [0.1, 0.15) is 0 Å². The summed E-state index contributed by atoms with van der Waals surface area (Å²) in [6, 6.07) is 7.94. The number of halogens is 3. The molecule has 0 fully saturated rings. The van der Waals surface area contributed by atoms with Crippen LogP contribution in [-0.2, 0) is 35.3 Å². The Morgan fingerprint density at radius 2 is 1.97 bits per heavy atom. The molecule has 0 bridgehead atoms. The Hall–Kier alpha value is -3.14. The number of hydrogen-bond acceptors (Lipinski definition) is 5. The van der Waals surface area contributed by atoms with Crippen molar-refractivity contribution in [2.45, 2.75) is 39.5 Å². The first kappa shape index (κ1) is 26.5. The number of carbonyl (C=O) groups excluding carboxylic acids is 2. The maximum Gasteiger partial charge on any atom is 0.418 e. The number of benzene rings is 1. The van der Waals surface area contributed by atoms with E-state index in [1.807, 2.05) is 36.9 Å². The monoisotopic (exact) mass is 491 g/mol. The van der Waals surface area contributed by atoms with E-state index in [0.717, 1.165) is 22.9 Å². The zero-order chi connectivity index (χ0) is 25.6. The van der Waals surface area contributed by atoms with Gasteiger partial charge in [0.15, 0.2) is 0 Å². The number of aromatic nitrogens is 1. The van der Waals surface area contributed by atoms with Crippen LogP contribution in [0.5, 0.6) is 0 Å². The van der Waals surface area contributed by atoms with Crippen LogP contribution < -0.4 is 10.6 Å². The fraction of sp³-hybridized carbons (Fsp3) is 0.480. The van der Waals surface area contributed by atoms with Gasteiger partial charge in [-0.25, -0.2) is 0 Å². The topological polar surface area (TPSA) is 77.6 Å². The molecule has 0 atom stereocenters. The van der Waals surface area contributed by atoms with Gasteiger partial charge in [0, 0.05) is 44.0 Å². The van der Waals surface area contributed by atoms with Crippen molar-refractivity contribution in [1.82, 2.24) is 20.1 Å². The molecule has 0 unspecified atom stereocenters. The van der Waals surface area contributed by atoms with Crippen LogP contribution >= 0.6 is 0 Å². The third-order valence-electron chi connectivity index (χ3n) is 6.02. The van der Waals surface area contributed by atoms with Crippen molar-refractivity contribution in [2.75, 3.05) is 38.5 Å². The van der Waals surface area contributed by atoms with E-state index in [1.54, 1.807) is 7.05 Å². The van der Waals surface area contributed by atoms with Crippen molar-refractivity contribution < 1.29 is 22.8 Å². The predicted octanol–water partition coefficient (Wildman–Crippen LogP) is 3.30. The van der Waals surface area contributed by atoms with E-state index in [4.69, 9.17) is 0 Å². The molecule has 10 heteroatoms. The van der Waals surface area contributed by atoms with E-state index in [-0.39, 0.29) is 43.1 Å². The molecule has 190 valence electrons. The molecule has 0 saturated carbocycles.